The van der Waals surface area contributed by atoms with Gasteiger partial charge in [-0.2, -0.15) is 4.73 Å². The number of aryl methyl sites for hydroxylation is 1. The lowest BCUT2D eigenvalue weighted by atomic mass is 9.73. The summed E-state index contributed by atoms with van der Waals surface area (Å²) in [5.74, 6) is -1.69. The third-order valence-electron chi connectivity index (χ3n) is 8.16. The number of rotatable bonds is 2. The molecule has 0 spiro atoms. The van der Waals surface area contributed by atoms with Crippen LogP contribution in [-0.4, -0.2) is 52.0 Å². The van der Waals surface area contributed by atoms with Gasteiger partial charge in [-0.15, -0.1) is 0 Å². The minimum atomic E-state index is -1.27. The molecule has 2 aliphatic heterocycles. The van der Waals surface area contributed by atoms with E-state index in [1.54, 1.807) is 39.2 Å². The molecule has 1 aromatic heterocycles. The van der Waals surface area contributed by atoms with Crippen LogP contribution in [0.1, 0.15) is 84.3 Å². The fraction of sp³-hybridized carbons (Fsp3) is 0.741. The molecule has 7 atom stereocenters. The number of carbonyl (C=O) groups excluding carboxylic acids is 2. The van der Waals surface area contributed by atoms with Crippen LogP contribution in [0.2, 0.25) is 0 Å². The van der Waals surface area contributed by atoms with Gasteiger partial charge in [0.05, 0.1) is 41.1 Å². The maximum Gasteiger partial charge on any atom is 0.309 e. The number of hydrogen-bond donors (Lipinski definition) is 2. The van der Waals surface area contributed by atoms with Crippen LogP contribution in [0.4, 0.5) is 0 Å². The Hall–Kier alpha value is -1.81. The van der Waals surface area contributed by atoms with Crippen LogP contribution in [0.3, 0.4) is 0 Å². The number of esters is 1. The molecule has 3 rings (SSSR count). The van der Waals surface area contributed by atoms with Crippen molar-refractivity contribution in [2.45, 2.75) is 111 Å². The van der Waals surface area contributed by atoms with Gasteiger partial charge in [0, 0.05) is 25.3 Å². The monoisotopic (exact) mass is 523 g/mol. The van der Waals surface area contributed by atoms with Gasteiger partial charge < -0.3 is 24.9 Å². The lowest BCUT2D eigenvalue weighted by Crippen LogP contribution is -2.45. The second-order valence-electron chi connectivity index (χ2n) is 11.5. The van der Waals surface area contributed by atoms with Gasteiger partial charge in [0.2, 0.25) is 10.7 Å². The summed E-state index contributed by atoms with van der Waals surface area (Å²) >= 11 is 1.35. The van der Waals surface area contributed by atoms with E-state index >= 15 is 0 Å². The van der Waals surface area contributed by atoms with Crippen LogP contribution >= 0.6 is 11.3 Å². The third kappa shape index (κ3) is 6.18. The van der Waals surface area contributed by atoms with E-state index in [0.29, 0.717) is 22.7 Å². The Labute approximate surface area is 217 Å². The Morgan fingerprint density at radius 3 is 2.53 bits per heavy atom. The van der Waals surface area contributed by atoms with E-state index in [-0.39, 0.29) is 29.8 Å². The molecule has 2 saturated heterocycles. The maximum atomic E-state index is 13.2. The molecule has 0 amide bonds. The van der Waals surface area contributed by atoms with Gasteiger partial charge in [-0.1, -0.05) is 45.5 Å². The van der Waals surface area contributed by atoms with Crippen molar-refractivity contribution in [3.63, 3.8) is 0 Å². The van der Waals surface area contributed by atoms with Gasteiger partial charge in [0.25, 0.3) is 0 Å². The summed E-state index contributed by atoms with van der Waals surface area (Å²) in [5.41, 5.74) is -0.407. The normalized spacial score (nSPS) is 36.8. The Morgan fingerprint density at radius 1 is 1.25 bits per heavy atom. The molecular formula is C27H41NO7S. The van der Waals surface area contributed by atoms with Crippen LogP contribution in [0, 0.1) is 29.4 Å². The number of nitrogens with zero attached hydrogens (tertiary/aromatic N) is 1. The molecular weight excluding hydrogens is 482 g/mol. The number of carbonyl (C=O) groups is 2. The first-order chi connectivity index (χ1) is 16.7. The van der Waals surface area contributed by atoms with E-state index in [0.717, 1.165) is 24.0 Å². The summed E-state index contributed by atoms with van der Waals surface area (Å²) in [7, 11) is 0. The molecule has 3 heterocycles. The van der Waals surface area contributed by atoms with Crippen LogP contribution < -0.4 is 4.73 Å². The van der Waals surface area contributed by atoms with Crippen molar-refractivity contribution in [3.05, 3.63) is 26.9 Å². The lowest BCUT2D eigenvalue weighted by molar-refractivity contribution is -0.608. The molecule has 9 heteroatoms. The molecule has 202 valence electrons. The summed E-state index contributed by atoms with van der Waals surface area (Å²) in [6.07, 6.45) is 1.29. The molecule has 2 aliphatic rings. The first-order valence-electron chi connectivity index (χ1n) is 12.8. The van der Waals surface area contributed by atoms with Crippen molar-refractivity contribution in [1.82, 2.24) is 0 Å². The maximum absolute atomic E-state index is 13.2. The highest BCUT2D eigenvalue weighted by atomic mass is 32.1. The number of fused-ring (bicyclic) bond motifs is 1. The lowest BCUT2D eigenvalue weighted by Gasteiger charge is -2.34. The minimum absolute atomic E-state index is 0.0960. The number of ether oxygens (including phenoxy) is 2. The van der Waals surface area contributed by atoms with Crippen molar-refractivity contribution in [1.29, 1.82) is 0 Å². The van der Waals surface area contributed by atoms with Crippen molar-refractivity contribution >= 4 is 29.2 Å². The Bertz CT molecular complexity index is 1000. The summed E-state index contributed by atoms with van der Waals surface area (Å²) in [4.78, 5) is 26.2. The molecule has 36 heavy (non-hydrogen) atoms. The predicted molar refractivity (Wildman–Crippen MR) is 137 cm³/mol. The quantitative estimate of drug-likeness (QED) is 0.262. The van der Waals surface area contributed by atoms with Crippen molar-refractivity contribution in [2.24, 2.45) is 17.3 Å². The zero-order chi connectivity index (χ0) is 27.0. The summed E-state index contributed by atoms with van der Waals surface area (Å²) in [6, 6.07) is 0. The van der Waals surface area contributed by atoms with Crippen LogP contribution in [-0.2, 0) is 19.1 Å². The predicted octanol–water partition coefficient (Wildman–Crippen LogP) is 3.72. The summed E-state index contributed by atoms with van der Waals surface area (Å²) < 4.78 is 12.7. The molecule has 2 N–H and O–H groups in total. The molecule has 0 bridgehead atoms. The standard InChI is InChI=1S/C27H41NO7S/c1-15-9-8-10-27(7)22(35-27)12-20(16(2)11-19-14-36-18(4)28(19)33)34-23(30)13-21(29)26(5,6)25(32)17(3)24(15)31/h11,14-15,17,20-22,24,29,31H,8-10,12-13H2,1-7H3/b16-11+/t15-,17+,20-,21-,22-,24-,27+/m0/s1. The van der Waals surface area contributed by atoms with Crippen molar-refractivity contribution < 1.29 is 34.0 Å². The molecule has 8 nitrogen and oxygen atoms in total. The molecule has 1 aromatic rings. The number of cyclic esters (lactones) is 1. The molecule has 0 aromatic carbocycles. The van der Waals surface area contributed by atoms with Gasteiger partial charge in [-0.25, -0.2) is 0 Å². The van der Waals surface area contributed by atoms with Crippen LogP contribution in [0.15, 0.2) is 11.0 Å². The molecule has 0 saturated carbocycles. The minimum Gasteiger partial charge on any atom is -0.617 e. The van der Waals surface area contributed by atoms with Crippen molar-refractivity contribution in [3.8, 4) is 0 Å². The van der Waals surface area contributed by atoms with Gasteiger partial charge in [-0.3, -0.25) is 9.59 Å². The zero-order valence-corrected chi connectivity index (χ0v) is 23.3. The number of thiazole rings is 1. The summed E-state index contributed by atoms with van der Waals surface area (Å²) in [6.45, 7) is 12.4. The van der Waals surface area contributed by atoms with E-state index in [1.807, 2.05) is 20.8 Å². The van der Waals surface area contributed by atoms with E-state index in [4.69, 9.17) is 9.47 Å². The Balaban J connectivity index is 1.88. The number of hydrogen-bond acceptors (Lipinski definition) is 8. The number of ketones is 1. The smallest absolute Gasteiger partial charge is 0.309 e. The van der Waals surface area contributed by atoms with Gasteiger partial charge in [-0.05, 0) is 38.2 Å². The molecule has 2 fully saturated rings. The van der Waals surface area contributed by atoms with Gasteiger partial charge in [0.15, 0.2) is 0 Å². The molecule has 0 unspecified atom stereocenters. The fourth-order valence-corrected chi connectivity index (χ4v) is 5.79. The summed E-state index contributed by atoms with van der Waals surface area (Å²) in [5, 5.41) is 36.4. The van der Waals surface area contributed by atoms with Gasteiger partial charge in [0.1, 0.15) is 11.9 Å². The van der Waals surface area contributed by atoms with E-state index < -0.39 is 35.6 Å². The Kier molecular flexibility index (Phi) is 8.70. The molecule has 0 aliphatic carbocycles. The van der Waals surface area contributed by atoms with Gasteiger partial charge >= 0.3 is 5.97 Å². The van der Waals surface area contributed by atoms with Crippen LogP contribution in [0.25, 0.3) is 6.08 Å². The Morgan fingerprint density at radius 2 is 1.92 bits per heavy atom. The number of aromatic nitrogens is 1. The second-order valence-corrected chi connectivity index (χ2v) is 12.5. The number of epoxide rings is 1. The number of aliphatic hydroxyl groups is 2. The third-order valence-corrected chi connectivity index (χ3v) is 9.03. The highest BCUT2D eigenvalue weighted by Crippen LogP contribution is 2.45. The van der Waals surface area contributed by atoms with Crippen molar-refractivity contribution in [2.75, 3.05) is 0 Å². The molecule has 0 radical (unpaired) electrons. The first kappa shape index (κ1) is 28.8. The average Bonchev–Trinajstić information content (AvgIpc) is 3.34. The first-order valence-corrected chi connectivity index (χ1v) is 13.7. The average molecular weight is 524 g/mol. The SMILES string of the molecule is C/C(=C\c1csc(C)[n+]1[O-])[C@@H]1C[C@@H]2O[C@]2(C)CCC[C@H](C)[C@H](O)[C@@H](C)C(=O)C(C)(C)[C@@H](O)CC(=O)O1. The highest BCUT2D eigenvalue weighted by Gasteiger charge is 2.53. The van der Waals surface area contributed by atoms with E-state index in [9.17, 15) is 25.0 Å². The zero-order valence-electron chi connectivity index (χ0n) is 22.4. The van der Waals surface area contributed by atoms with E-state index in [1.165, 1.54) is 11.3 Å². The largest absolute Gasteiger partial charge is 0.617 e. The number of Topliss-reactive ketones (excluding diaryl/α,β-unsaturated/α-hetero) is 1. The fourth-order valence-electron chi connectivity index (χ4n) is 5.14. The van der Waals surface area contributed by atoms with E-state index in [2.05, 4.69) is 0 Å². The second kappa shape index (κ2) is 10.9. The number of aliphatic hydroxyl groups excluding tert-OH is 2. The highest BCUT2D eigenvalue weighted by molar-refractivity contribution is 7.09. The topological polar surface area (TPSA) is 123 Å². The van der Waals surface area contributed by atoms with Crippen LogP contribution in [0.5, 0.6) is 0 Å².